The summed E-state index contributed by atoms with van der Waals surface area (Å²) in [6.07, 6.45) is 5.73. The summed E-state index contributed by atoms with van der Waals surface area (Å²) in [6.45, 7) is 4.90. The summed E-state index contributed by atoms with van der Waals surface area (Å²) in [7, 11) is 0. The average Bonchev–Trinajstić information content (AvgIpc) is 2.54. The van der Waals surface area contributed by atoms with Gasteiger partial charge in [-0.05, 0) is 12.8 Å². The molecule has 1 rings (SSSR count). The summed E-state index contributed by atoms with van der Waals surface area (Å²) in [5, 5.41) is 5.49. The van der Waals surface area contributed by atoms with Gasteiger partial charge in [0.25, 0.3) is 5.91 Å². The van der Waals surface area contributed by atoms with Gasteiger partial charge in [0, 0.05) is 32.0 Å². The third kappa shape index (κ3) is 4.49. The molecule has 7 nitrogen and oxygen atoms in total. The first kappa shape index (κ1) is 17.0. The number of nitrogens with two attached hydrogens (primary N) is 1. The zero-order chi connectivity index (χ0) is 15.7. The molecule has 1 heterocycles. The van der Waals surface area contributed by atoms with Crippen LogP contribution in [0.15, 0.2) is 18.6 Å². The second kappa shape index (κ2) is 8.31. The van der Waals surface area contributed by atoms with E-state index in [0.717, 1.165) is 0 Å². The summed E-state index contributed by atoms with van der Waals surface area (Å²) in [5.41, 5.74) is 5.45. The minimum Gasteiger partial charge on any atom is -0.354 e. The van der Waals surface area contributed by atoms with Gasteiger partial charge in [-0.1, -0.05) is 13.8 Å². The van der Waals surface area contributed by atoms with Crippen LogP contribution >= 0.6 is 0 Å². The van der Waals surface area contributed by atoms with E-state index in [9.17, 15) is 9.59 Å². The smallest absolute Gasteiger partial charge is 0.271 e. The maximum Gasteiger partial charge on any atom is 0.271 e. The molecule has 0 saturated carbocycles. The summed E-state index contributed by atoms with van der Waals surface area (Å²) in [6, 6.07) is 0. The van der Waals surface area contributed by atoms with Gasteiger partial charge in [0.1, 0.15) is 5.69 Å². The fraction of sp³-hybridized carbons (Fsp3) is 0.571. The Morgan fingerprint density at radius 3 is 2.38 bits per heavy atom. The Morgan fingerprint density at radius 1 is 1.19 bits per heavy atom. The first-order valence-electron chi connectivity index (χ1n) is 7.12. The molecule has 21 heavy (non-hydrogen) atoms. The lowest BCUT2D eigenvalue weighted by molar-refractivity contribution is -0.130. The van der Waals surface area contributed by atoms with Crippen molar-refractivity contribution in [2.75, 3.05) is 19.6 Å². The highest BCUT2D eigenvalue weighted by molar-refractivity contribution is 5.91. The van der Waals surface area contributed by atoms with Crippen LogP contribution in [0.1, 0.15) is 37.2 Å². The second-order valence-electron chi connectivity index (χ2n) is 4.79. The standard InChI is InChI=1S/C14H23N5O2/c1-3-14(4-2,10-15)13(21)19-8-7-18-12(20)11-9-16-5-6-17-11/h5-6,9H,3-4,7-8,10,15H2,1-2H3,(H,18,20)(H,19,21). The van der Waals surface area contributed by atoms with Crippen LogP contribution in [-0.2, 0) is 4.79 Å². The van der Waals surface area contributed by atoms with Crippen molar-refractivity contribution in [3.63, 3.8) is 0 Å². The molecule has 0 saturated heterocycles. The van der Waals surface area contributed by atoms with Crippen molar-refractivity contribution in [3.8, 4) is 0 Å². The van der Waals surface area contributed by atoms with Gasteiger partial charge in [-0.3, -0.25) is 14.6 Å². The van der Waals surface area contributed by atoms with Crippen LogP contribution < -0.4 is 16.4 Å². The largest absolute Gasteiger partial charge is 0.354 e. The molecule has 0 aromatic carbocycles. The highest BCUT2D eigenvalue weighted by Gasteiger charge is 2.32. The SMILES string of the molecule is CCC(CC)(CN)C(=O)NCCNC(=O)c1cnccn1. The molecule has 0 atom stereocenters. The lowest BCUT2D eigenvalue weighted by Gasteiger charge is -2.28. The zero-order valence-electron chi connectivity index (χ0n) is 12.6. The maximum absolute atomic E-state index is 12.1. The Labute approximate surface area is 124 Å². The second-order valence-corrected chi connectivity index (χ2v) is 4.79. The van der Waals surface area contributed by atoms with E-state index >= 15 is 0 Å². The van der Waals surface area contributed by atoms with Crippen LogP contribution in [-0.4, -0.2) is 41.4 Å². The van der Waals surface area contributed by atoms with Crippen molar-refractivity contribution in [3.05, 3.63) is 24.3 Å². The number of carbonyl (C=O) groups excluding carboxylic acids is 2. The van der Waals surface area contributed by atoms with Gasteiger partial charge in [0.15, 0.2) is 0 Å². The Morgan fingerprint density at radius 2 is 1.86 bits per heavy atom. The monoisotopic (exact) mass is 293 g/mol. The predicted octanol–water partition coefficient (Wildman–Crippen LogP) is 0.0877. The molecule has 0 bridgehead atoms. The predicted molar refractivity (Wildman–Crippen MR) is 79.4 cm³/mol. The molecule has 116 valence electrons. The highest BCUT2D eigenvalue weighted by Crippen LogP contribution is 2.24. The summed E-state index contributed by atoms with van der Waals surface area (Å²) >= 11 is 0. The number of aromatic nitrogens is 2. The summed E-state index contributed by atoms with van der Waals surface area (Å²) in [4.78, 5) is 31.6. The minimum atomic E-state index is -0.519. The number of carbonyl (C=O) groups is 2. The molecular formula is C14H23N5O2. The van der Waals surface area contributed by atoms with Crippen LogP contribution in [0.3, 0.4) is 0 Å². The molecule has 2 amide bonds. The number of rotatable bonds is 8. The van der Waals surface area contributed by atoms with E-state index in [4.69, 9.17) is 5.73 Å². The Bertz CT molecular complexity index is 451. The molecule has 1 aromatic rings. The number of hydrogen-bond donors (Lipinski definition) is 3. The normalized spacial score (nSPS) is 11.0. The van der Waals surface area contributed by atoms with E-state index in [1.54, 1.807) is 0 Å². The van der Waals surface area contributed by atoms with E-state index in [2.05, 4.69) is 20.6 Å². The van der Waals surface area contributed by atoms with Gasteiger partial charge in [-0.15, -0.1) is 0 Å². The lowest BCUT2D eigenvalue weighted by atomic mass is 9.81. The molecule has 1 aromatic heterocycles. The summed E-state index contributed by atoms with van der Waals surface area (Å²) in [5.74, 6) is -0.378. The molecule has 0 unspecified atom stereocenters. The topological polar surface area (TPSA) is 110 Å². The van der Waals surface area contributed by atoms with E-state index in [1.165, 1.54) is 18.6 Å². The molecule has 0 fully saturated rings. The van der Waals surface area contributed by atoms with Crippen LogP contribution in [0.2, 0.25) is 0 Å². The Hall–Kier alpha value is -2.02. The molecule has 0 aliphatic rings. The van der Waals surface area contributed by atoms with Crippen molar-refractivity contribution in [2.24, 2.45) is 11.1 Å². The van der Waals surface area contributed by atoms with Crippen molar-refractivity contribution in [2.45, 2.75) is 26.7 Å². The maximum atomic E-state index is 12.1. The van der Waals surface area contributed by atoms with Gasteiger partial charge in [0.05, 0.1) is 11.6 Å². The fourth-order valence-electron chi connectivity index (χ4n) is 2.00. The van der Waals surface area contributed by atoms with Crippen LogP contribution in [0.25, 0.3) is 0 Å². The molecule has 0 aliphatic heterocycles. The van der Waals surface area contributed by atoms with Crippen LogP contribution in [0, 0.1) is 5.41 Å². The molecular weight excluding hydrogens is 270 g/mol. The molecule has 0 spiro atoms. The van der Waals surface area contributed by atoms with Crippen molar-refractivity contribution in [1.29, 1.82) is 0 Å². The first-order valence-corrected chi connectivity index (χ1v) is 7.12. The summed E-state index contributed by atoms with van der Waals surface area (Å²) < 4.78 is 0. The number of hydrogen-bond acceptors (Lipinski definition) is 5. The number of nitrogens with one attached hydrogen (secondary N) is 2. The Balaban J connectivity index is 2.37. The van der Waals surface area contributed by atoms with Gasteiger partial charge in [-0.25, -0.2) is 4.98 Å². The van der Waals surface area contributed by atoms with Crippen molar-refractivity contribution >= 4 is 11.8 Å². The molecule has 4 N–H and O–H groups in total. The Kier molecular flexibility index (Phi) is 6.74. The van der Waals surface area contributed by atoms with Crippen LogP contribution in [0.4, 0.5) is 0 Å². The van der Waals surface area contributed by atoms with E-state index in [1.807, 2.05) is 13.8 Å². The van der Waals surface area contributed by atoms with E-state index in [0.29, 0.717) is 32.5 Å². The van der Waals surface area contributed by atoms with E-state index in [-0.39, 0.29) is 17.5 Å². The lowest BCUT2D eigenvalue weighted by Crippen LogP contribution is -2.47. The number of amides is 2. The highest BCUT2D eigenvalue weighted by atomic mass is 16.2. The quantitative estimate of drug-likeness (QED) is 0.588. The third-order valence-electron chi connectivity index (χ3n) is 3.72. The van der Waals surface area contributed by atoms with Gasteiger partial charge in [0.2, 0.25) is 5.91 Å². The van der Waals surface area contributed by atoms with Gasteiger partial charge >= 0.3 is 0 Å². The average molecular weight is 293 g/mol. The van der Waals surface area contributed by atoms with Crippen LogP contribution in [0.5, 0.6) is 0 Å². The molecule has 0 radical (unpaired) electrons. The minimum absolute atomic E-state index is 0.0660. The van der Waals surface area contributed by atoms with Crippen molar-refractivity contribution in [1.82, 2.24) is 20.6 Å². The first-order chi connectivity index (χ1) is 10.1. The van der Waals surface area contributed by atoms with Gasteiger partial charge in [-0.2, -0.15) is 0 Å². The van der Waals surface area contributed by atoms with Gasteiger partial charge < -0.3 is 16.4 Å². The van der Waals surface area contributed by atoms with E-state index < -0.39 is 5.41 Å². The zero-order valence-corrected chi connectivity index (χ0v) is 12.6. The molecule has 7 heteroatoms. The fourth-order valence-corrected chi connectivity index (χ4v) is 2.00. The number of nitrogens with zero attached hydrogens (tertiary/aromatic N) is 2. The third-order valence-corrected chi connectivity index (χ3v) is 3.72. The van der Waals surface area contributed by atoms with Crippen molar-refractivity contribution < 1.29 is 9.59 Å². The molecule has 0 aliphatic carbocycles.